The van der Waals surface area contributed by atoms with Crippen molar-refractivity contribution in [1.29, 1.82) is 0 Å². The summed E-state index contributed by atoms with van der Waals surface area (Å²) in [6, 6.07) is 7.22. The first-order valence-corrected chi connectivity index (χ1v) is 5.88. The molecule has 0 bridgehead atoms. The van der Waals surface area contributed by atoms with E-state index in [9.17, 15) is 4.79 Å². The van der Waals surface area contributed by atoms with E-state index in [0.29, 0.717) is 11.3 Å². The Balaban J connectivity index is 2.69. The highest BCUT2D eigenvalue weighted by Gasteiger charge is 2.05. The molecule has 0 heterocycles. The number of carbonyl (C=O) groups is 1. The Morgan fingerprint density at radius 2 is 1.83 bits per heavy atom. The minimum Gasteiger partial charge on any atom is -0.308 e. The van der Waals surface area contributed by atoms with Gasteiger partial charge < -0.3 is 4.90 Å². The zero-order valence-corrected chi connectivity index (χ0v) is 11.4. The van der Waals surface area contributed by atoms with Gasteiger partial charge in [0.05, 0.1) is 12.2 Å². The molecule has 1 aromatic rings. The van der Waals surface area contributed by atoms with Crippen LogP contribution in [0.25, 0.3) is 0 Å². The van der Waals surface area contributed by atoms with E-state index in [1.807, 2.05) is 33.3 Å². The molecule has 0 unspecified atom stereocenters. The number of benzene rings is 1. The van der Waals surface area contributed by atoms with Crippen molar-refractivity contribution in [2.24, 2.45) is 10.3 Å². The molecule has 0 saturated heterocycles. The Kier molecular flexibility index (Phi) is 5.45. The molecule has 0 saturated carbocycles. The lowest BCUT2D eigenvalue weighted by molar-refractivity contribution is 0.101. The maximum atomic E-state index is 11.4. The van der Waals surface area contributed by atoms with Crippen LogP contribution in [0.2, 0.25) is 0 Å². The second-order valence-electron chi connectivity index (χ2n) is 4.45. The Bertz CT molecular complexity index is 429. The Hall–Kier alpha value is -1.75. The Morgan fingerprint density at radius 3 is 2.44 bits per heavy atom. The van der Waals surface area contributed by atoms with E-state index in [1.54, 1.807) is 17.1 Å². The van der Waals surface area contributed by atoms with Crippen LogP contribution in [0.1, 0.15) is 17.3 Å². The summed E-state index contributed by atoms with van der Waals surface area (Å²) in [7, 11) is 5.88. The fourth-order valence-electron chi connectivity index (χ4n) is 1.37. The zero-order valence-electron chi connectivity index (χ0n) is 11.4. The van der Waals surface area contributed by atoms with Gasteiger partial charge >= 0.3 is 0 Å². The van der Waals surface area contributed by atoms with E-state index in [2.05, 4.69) is 15.2 Å². The lowest BCUT2D eigenvalue weighted by atomic mass is 10.1. The third-order valence-electron chi connectivity index (χ3n) is 2.46. The van der Waals surface area contributed by atoms with Crippen LogP contribution in [0, 0.1) is 0 Å². The lowest BCUT2D eigenvalue weighted by Crippen LogP contribution is -2.24. The van der Waals surface area contributed by atoms with Gasteiger partial charge in [0.2, 0.25) is 0 Å². The molecule has 1 aromatic carbocycles. The van der Waals surface area contributed by atoms with Crippen molar-refractivity contribution in [2.45, 2.75) is 6.92 Å². The smallest absolute Gasteiger partial charge is 0.162 e. The lowest BCUT2D eigenvalue weighted by Gasteiger charge is -2.14. The standard InChI is InChI=1S/C13H20N4O/c1-11(18)12-7-5-6-8-13(12)14-15-17(4)10-9-16(2)3/h5-8H,9-10H2,1-4H3. The first-order valence-electron chi connectivity index (χ1n) is 5.88. The van der Waals surface area contributed by atoms with Gasteiger partial charge in [-0.25, -0.2) is 0 Å². The molecular formula is C13H20N4O. The quantitative estimate of drug-likeness (QED) is 0.441. The molecule has 0 N–H and O–H groups in total. The fraction of sp³-hybridized carbons (Fsp3) is 0.462. The molecule has 0 radical (unpaired) electrons. The predicted octanol–water partition coefficient (Wildman–Crippen LogP) is 2.38. The highest BCUT2D eigenvalue weighted by molar-refractivity contribution is 5.98. The summed E-state index contributed by atoms with van der Waals surface area (Å²) in [6.07, 6.45) is 0. The van der Waals surface area contributed by atoms with Gasteiger partial charge in [-0.2, -0.15) is 0 Å². The molecule has 0 fully saturated rings. The molecule has 1 rings (SSSR count). The van der Waals surface area contributed by atoms with E-state index in [0.717, 1.165) is 13.1 Å². The third kappa shape index (κ3) is 4.63. The molecule has 0 aliphatic heterocycles. The number of ketones is 1. The number of rotatable bonds is 6. The van der Waals surface area contributed by atoms with E-state index in [1.165, 1.54) is 6.92 Å². The van der Waals surface area contributed by atoms with Crippen molar-refractivity contribution in [3.63, 3.8) is 0 Å². The highest BCUT2D eigenvalue weighted by Crippen LogP contribution is 2.19. The van der Waals surface area contributed by atoms with E-state index in [-0.39, 0.29) is 5.78 Å². The summed E-state index contributed by atoms with van der Waals surface area (Å²) in [6.45, 7) is 3.23. The average molecular weight is 248 g/mol. The molecule has 98 valence electrons. The van der Waals surface area contributed by atoms with Crippen LogP contribution in [-0.4, -0.2) is 49.9 Å². The maximum Gasteiger partial charge on any atom is 0.162 e. The topological polar surface area (TPSA) is 48.3 Å². The second kappa shape index (κ2) is 6.86. The zero-order chi connectivity index (χ0) is 13.5. The summed E-state index contributed by atoms with van der Waals surface area (Å²) < 4.78 is 0. The van der Waals surface area contributed by atoms with E-state index in [4.69, 9.17) is 0 Å². The molecular weight excluding hydrogens is 228 g/mol. The Morgan fingerprint density at radius 1 is 1.17 bits per heavy atom. The van der Waals surface area contributed by atoms with Crippen LogP contribution < -0.4 is 0 Å². The fourth-order valence-corrected chi connectivity index (χ4v) is 1.37. The highest BCUT2D eigenvalue weighted by atomic mass is 16.1. The largest absolute Gasteiger partial charge is 0.308 e. The predicted molar refractivity (Wildman–Crippen MR) is 72.1 cm³/mol. The van der Waals surface area contributed by atoms with Gasteiger partial charge in [-0.3, -0.25) is 9.80 Å². The molecule has 0 aliphatic carbocycles. The molecule has 5 heteroatoms. The Labute approximate surface area is 108 Å². The summed E-state index contributed by atoms with van der Waals surface area (Å²) >= 11 is 0. The van der Waals surface area contributed by atoms with Crippen molar-refractivity contribution in [1.82, 2.24) is 9.91 Å². The van der Waals surface area contributed by atoms with Crippen molar-refractivity contribution in [3.8, 4) is 0 Å². The van der Waals surface area contributed by atoms with Gasteiger partial charge in [0.15, 0.2) is 5.78 Å². The van der Waals surface area contributed by atoms with Crippen LogP contribution in [0.4, 0.5) is 5.69 Å². The first-order chi connectivity index (χ1) is 8.50. The number of Topliss-reactive ketones (excluding diaryl/α,β-unsaturated/α-hetero) is 1. The SMILES string of the molecule is CC(=O)c1ccccc1N=NN(C)CCN(C)C. The molecule has 0 aromatic heterocycles. The van der Waals surface area contributed by atoms with Crippen LogP contribution in [0.5, 0.6) is 0 Å². The van der Waals surface area contributed by atoms with Crippen molar-refractivity contribution in [3.05, 3.63) is 29.8 Å². The molecule has 0 spiro atoms. The van der Waals surface area contributed by atoms with Gasteiger partial charge in [0, 0.05) is 19.2 Å². The summed E-state index contributed by atoms with van der Waals surface area (Å²) in [5.41, 5.74) is 1.21. The molecule has 18 heavy (non-hydrogen) atoms. The number of nitrogens with zero attached hydrogens (tertiary/aromatic N) is 4. The van der Waals surface area contributed by atoms with Gasteiger partial charge in [0.25, 0.3) is 0 Å². The van der Waals surface area contributed by atoms with Gasteiger partial charge in [0.1, 0.15) is 0 Å². The van der Waals surface area contributed by atoms with E-state index >= 15 is 0 Å². The number of hydrogen-bond acceptors (Lipinski definition) is 4. The summed E-state index contributed by atoms with van der Waals surface area (Å²) in [4.78, 5) is 13.5. The second-order valence-corrected chi connectivity index (χ2v) is 4.45. The minimum absolute atomic E-state index is 0.000458. The molecule has 0 aliphatic rings. The van der Waals surface area contributed by atoms with Crippen molar-refractivity contribution < 1.29 is 4.79 Å². The van der Waals surface area contributed by atoms with Crippen LogP contribution >= 0.6 is 0 Å². The van der Waals surface area contributed by atoms with Crippen molar-refractivity contribution in [2.75, 3.05) is 34.2 Å². The van der Waals surface area contributed by atoms with Gasteiger partial charge in [-0.15, -0.1) is 5.11 Å². The maximum absolute atomic E-state index is 11.4. The summed E-state index contributed by atoms with van der Waals surface area (Å²) in [5, 5.41) is 9.97. The minimum atomic E-state index is 0.000458. The van der Waals surface area contributed by atoms with Crippen LogP contribution in [-0.2, 0) is 0 Å². The van der Waals surface area contributed by atoms with Gasteiger partial charge in [-0.05, 0) is 33.2 Å². The number of carbonyl (C=O) groups excluding carboxylic acids is 1. The molecule has 5 nitrogen and oxygen atoms in total. The average Bonchev–Trinajstić information content (AvgIpc) is 2.34. The monoisotopic (exact) mass is 248 g/mol. The number of hydrogen-bond donors (Lipinski definition) is 0. The first kappa shape index (κ1) is 14.3. The third-order valence-corrected chi connectivity index (χ3v) is 2.46. The molecule has 0 atom stereocenters. The van der Waals surface area contributed by atoms with Crippen molar-refractivity contribution >= 4 is 11.5 Å². The molecule has 0 amide bonds. The normalized spacial score (nSPS) is 11.2. The number of likely N-dealkylation sites (N-methyl/N-ethyl adjacent to an activating group) is 2. The van der Waals surface area contributed by atoms with Gasteiger partial charge in [-0.1, -0.05) is 17.4 Å². The summed E-state index contributed by atoms with van der Waals surface area (Å²) in [5.74, 6) is 0.000458. The van der Waals surface area contributed by atoms with Crippen LogP contribution in [0.3, 0.4) is 0 Å². The van der Waals surface area contributed by atoms with E-state index < -0.39 is 0 Å². The van der Waals surface area contributed by atoms with Crippen LogP contribution in [0.15, 0.2) is 34.6 Å².